The molecular weight excluding hydrogens is 236 g/mol. The van der Waals surface area contributed by atoms with Gasteiger partial charge in [-0.15, -0.1) is 0 Å². The molecule has 0 spiro atoms. The minimum Gasteiger partial charge on any atom is -0.397 e. The number of nitrogens with two attached hydrogens (primary N) is 1. The fraction of sp³-hybridized carbons (Fsp3) is 0.154. The average Bonchev–Trinajstić information content (AvgIpc) is 2.26. The van der Waals surface area contributed by atoms with Gasteiger partial charge in [0, 0.05) is 17.3 Å². The molecule has 2 N–H and O–H groups in total. The van der Waals surface area contributed by atoms with Gasteiger partial charge in [-0.1, -0.05) is 23.7 Å². The van der Waals surface area contributed by atoms with E-state index in [1.54, 1.807) is 22.9 Å². The van der Waals surface area contributed by atoms with Crippen molar-refractivity contribution in [2.45, 2.75) is 13.5 Å². The Hall–Kier alpha value is -1.74. The summed E-state index contributed by atoms with van der Waals surface area (Å²) in [5.41, 5.74) is 8.12. The van der Waals surface area contributed by atoms with Crippen molar-refractivity contribution in [3.63, 3.8) is 0 Å². The fourth-order valence-corrected chi connectivity index (χ4v) is 1.85. The molecular formula is C13H13ClN2O. The van der Waals surface area contributed by atoms with E-state index in [1.807, 2.05) is 25.1 Å². The zero-order valence-corrected chi connectivity index (χ0v) is 10.2. The Balaban J connectivity index is 2.37. The van der Waals surface area contributed by atoms with Gasteiger partial charge in [-0.25, -0.2) is 0 Å². The van der Waals surface area contributed by atoms with Crippen molar-refractivity contribution < 1.29 is 0 Å². The van der Waals surface area contributed by atoms with Gasteiger partial charge in [0.15, 0.2) is 0 Å². The smallest absolute Gasteiger partial charge is 0.251 e. The molecule has 2 aromatic rings. The zero-order chi connectivity index (χ0) is 12.4. The van der Waals surface area contributed by atoms with E-state index in [0.29, 0.717) is 17.3 Å². The molecule has 0 aliphatic carbocycles. The van der Waals surface area contributed by atoms with Gasteiger partial charge in [-0.3, -0.25) is 4.79 Å². The first kappa shape index (κ1) is 11.7. The highest BCUT2D eigenvalue weighted by Crippen LogP contribution is 2.12. The Kier molecular flexibility index (Phi) is 3.20. The third-order valence-electron chi connectivity index (χ3n) is 2.62. The number of pyridine rings is 1. The highest BCUT2D eigenvalue weighted by molar-refractivity contribution is 6.30. The molecule has 0 amide bonds. The number of benzene rings is 1. The largest absolute Gasteiger partial charge is 0.397 e. The second-order valence-corrected chi connectivity index (χ2v) is 4.44. The molecule has 0 fully saturated rings. The normalized spacial score (nSPS) is 10.5. The minimum absolute atomic E-state index is 0.0586. The van der Waals surface area contributed by atoms with Gasteiger partial charge in [0.1, 0.15) is 0 Å². The molecule has 0 atom stereocenters. The monoisotopic (exact) mass is 248 g/mol. The van der Waals surface area contributed by atoms with Gasteiger partial charge in [0.05, 0.1) is 12.2 Å². The fourth-order valence-electron chi connectivity index (χ4n) is 1.64. The lowest BCUT2D eigenvalue weighted by Crippen LogP contribution is -2.20. The van der Waals surface area contributed by atoms with Crippen LogP contribution in [-0.4, -0.2) is 4.57 Å². The summed E-state index contributed by atoms with van der Waals surface area (Å²) in [5, 5.41) is 0.663. The molecule has 2 rings (SSSR count). The molecule has 0 unspecified atom stereocenters. The first-order valence-corrected chi connectivity index (χ1v) is 5.65. The molecule has 0 bridgehead atoms. The van der Waals surface area contributed by atoms with Crippen molar-refractivity contribution in [2.24, 2.45) is 0 Å². The highest BCUT2D eigenvalue weighted by atomic mass is 35.5. The van der Waals surface area contributed by atoms with Gasteiger partial charge in [-0.2, -0.15) is 0 Å². The molecule has 0 aliphatic heterocycles. The van der Waals surface area contributed by atoms with Crippen LogP contribution in [0.1, 0.15) is 11.1 Å². The van der Waals surface area contributed by atoms with Crippen LogP contribution in [-0.2, 0) is 6.54 Å². The van der Waals surface area contributed by atoms with E-state index in [1.165, 1.54) is 0 Å². The number of anilines is 1. The summed E-state index contributed by atoms with van der Waals surface area (Å²) in [6.07, 6.45) is 1.67. The Morgan fingerprint density at radius 1 is 1.35 bits per heavy atom. The molecule has 4 heteroatoms. The molecule has 0 saturated carbocycles. The van der Waals surface area contributed by atoms with Crippen LogP contribution in [0.15, 0.2) is 41.3 Å². The molecule has 1 aromatic heterocycles. The van der Waals surface area contributed by atoms with Crippen LogP contribution < -0.4 is 11.3 Å². The first-order valence-electron chi connectivity index (χ1n) is 5.27. The van der Waals surface area contributed by atoms with E-state index in [0.717, 1.165) is 11.1 Å². The van der Waals surface area contributed by atoms with E-state index in [-0.39, 0.29) is 5.56 Å². The van der Waals surface area contributed by atoms with Gasteiger partial charge >= 0.3 is 0 Å². The highest BCUT2D eigenvalue weighted by Gasteiger charge is 2.02. The summed E-state index contributed by atoms with van der Waals surface area (Å²) >= 11 is 5.90. The predicted octanol–water partition coefficient (Wildman–Crippen LogP) is 2.44. The summed E-state index contributed by atoms with van der Waals surface area (Å²) in [5.74, 6) is 0. The number of hydrogen-bond donors (Lipinski definition) is 1. The summed E-state index contributed by atoms with van der Waals surface area (Å²) in [6.45, 7) is 2.30. The Labute approximate surface area is 104 Å². The molecule has 1 heterocycles. The lowest BCUT2D eigenvalue weighted by Gasteiger charge is -2.08. The van der Waals surface area contributed by atoms with Crippen LogP contribution in [0.2, 0.25) is 5.02 Å². The average molecular weight is 249 g/mol. The number of nitrogens with zero attached hydrogens (tertiary/aromatic N) is 1. The van der Waals surface area contributed by atoms with Crippen molar-refractivity contribution in [2.75, 3.05) is 5.73 Å². The summed E-state index contributed by atoms with van der Waals surface area (Å²) in [7, 11) is 0. The van der Waals surface area contributed by atoms with E-state index < -0.39 is 0 Å². The topological polar surface area (TPSA) is 48.0 Å². The van der Waals surface area contributed by atoms with Gasteiger partial charge in [0.2, 0.25) is 0 Å². The van der Waals surface area contributed by atoms with Crippen LogP contribution >= 0.6 is 11.6 Å². The Bertz CT molecular complexity index is 605. The van der Waals surface area contributed by atoms with E-state index in [2.05, 4.69) is 0 Å². The van der Waals surface area contributed by atoms with Crippen molar-refractivity contribution in [3.8, 4) is 0 Å². The van der Waals surface area contributed by atoms with Gasteiger partial charge in [0.25, 0.3) is 5.56 Å². The van der Waals surface area contributed by atoms with E-state index >= 15 is 0 Å². The van der Waals surface area contributed by atoms with Crippen molar-refractivity contribution in [3.05, 3.63) is 63.0 Å². The Morgan fingerprint density at radius 2 is 2.12 bits per heavy atom. The van der Waals surface area contributed by atoms with Crippen LogP contribution in [0.4, 0.5) is 5.69 Å². The molecule has 1 aromatic carbocycles. The number of aromatic nitrogens is 1. The van der Waals surface area contributed by atoms with Gasteiger partial charge in [-0.05, 0) is 30.2 Å². The molecule has 0 saturated heterocycles. The number of rotatable bonds is 2. The number of aryl methyl sites for hydroxylation is 1. The lowest BCUT2D eigenvalue weighted by molar-refractivity contribution is 0.759. The van der Waals surface area contributed by atoms with Crippen molar-refractivity contribution in [1.82, 2.24) is 4.57 Å². The van der Waals surface area contributed by atoms with Crippen LogP contribution in [0.25, 0.3) is 0 Å². The molecule has 0 radical (unpaired) electrons. The Morgan fingerprint density at radius 3 is 2.82 bits per heavy atom. The van der Waals surface area contributed by atoms with E-state index in [9.17, 15) is 4.79 Å². The SMILES string of the molecule is Cc1cc(=O)n(Cc2cccc(Cl)c2)cc1N. The van der Waals surface area contributed by atoms with Crippen LogP contribution in [0.5, 0.6) is 0 Å². The van der Waals surface area contributed by atoms with Crippen LogP contribution in [0, 0.1) is 6.92 Å². The maximum atomic E-state index is 11.8. The third-order valence-corrected chi connectivity index (χ3v) is 2.85. The van der Waals surface area contributed by atoms with Gasteiger partial charge < -0.3 is 10.3 Å². The molecule has 3 nitrogen and oxygen atoms in total. The lowest BCUT2D eigenvalue weighted by atomic mass is 10.2. The summed E-state index contributed by atoms with van der Waals surface area (Å²) in [6, 6.07) is 8.97. The quantitative estimate of drug-likeness (QED) is 0.888. The maximum absolute atomic E-state index is 11.8. The molecule has 0 aliphatic rings. The summed E-state index contributed by atoms with van der Waals surface area (Å²) in [4.78, 5) is 11.8. The first-order chi connectivity index (χ1) is 8.06. The second-order valence-electron chi connectivity index (χ2n) is 4.01. The third kappa shape index (κ3) is 2.68. The van der Waals surface area contributed by atoms with Crippen LogP contribution in [0.3, 0.4) is 0 Å². The summed E-state index contributed by atoms with van der Waals surface area (Å²) < 4.78 is 1.58. The van der Waals surface area contributed by atoms with Crippen molar-refractivity contribution >= 4 is 17.3 Å². The standard InChI is InChI=1S/C13H13ClN2O/c1-9-5-13(17)16(8-12(9)15)7-10-3-2-4-11(14)6-10/h2-6,8H,7,15H2,1H3. The number of halogens is 1. The minimum atomic E-state index is -0.0586. The van der Waals surface area contributed by atoms with E-state index in [4.69, 9.17) is 17.3 Å². The number of nitrogen functional groups attached to an aromatic ring is 1. The second kappa shape index (κ2) is 4.63. The molecule has 88 valence electrons. The van der Waals surface area contributed by atoms with Crippen molar-refractivity contribution in [1.29, 1.82) is 0 Å². The maximum Gasteiger partial charge on any atom is 0.251 e. The number of hydrogen-bond acceptors (Lipinski definition) is 2. The predicted molar refractivity (Wildman–Crippen MR) is 70.4 cm³/mol. The zero-order valence-electron chi connectivity index (χ0n) is 9.48. The molecule has 17 heavy (non-hydrogen) atoms.